The third-order valence-corrected chi connectivity index (χ3v) is 3.36. The Morgan fingerprint density at radius 2 is 1.83 bits per heavy atom. The van der Waals surface area contributed by atoms with Crippen LogP contribution in [-0.4, -0.2) is 21.9 Å². The molecule has 0 aliphatic heterocycles. The highest BCUT2D eigenvalue weighted by atomic mass is 19.4. The van der Waals surface area contributed by atoms with Crippen LogP contribution in [0.25, 0.3) is 0 Å². The minimum atomic E-state index is -4.37. The van der Waals surface area contributed by atoms with Gasteiger partial charge < -0.3 is 10.6 Å². The van der Waals surface area contributed by atoms with Crippen molar-refractivity contribution in [1.82, 2.24) is 15.3 Å². The summed E-state index contributed by atoms with van der Waals surface area (Å²) >= 11 is 0. The van der Waals surface area contributed by atoms with Crippen molar-refractivity contribution < 1.29 is 18.0 Å². The minimum absolute atomic E-state index is 0.0317. The lowest BCUT2D eigenvalue weighted by Gasteiger charge is -2.11. The Bertz CT molecular complexity index is 684. The second-order valence-electron chi connectivity index (χ2n) is 5.27. The number of alkyl halides is 3. The zero-order chi connectivity index (χ0) is 17.7. The SMILES string of the molecule is CCC(C)NC(=O)c1cnc(Nc2ccc(C(F)(F)F)cc2)cn1. The fourth-order valence-electron chi connectivity index (χ4n) is 1.80. The van der Waals surface area contributed by atoms with E-state index >= 15 is 0 Å². The van der Waals surface area contributed by atoms with Gasteiger partial charge in [0.15, 0.2) is 0 Å². The van der Waals surface area contributed by atoms with Crippen molar-refractivity contribution in [1.29, 1.82) is 0 Å². The molecule has 5 nitrogen and oxygen atoms in total. The number of benzene rings is 1. The third kappa shape index (κ3) is 4.68. The zero-order valence-electron chi connectivity index (χ0n) is 13.2. The van der Waals surface area contributed by atoms with Gasteiger partial charge in [0.25, 0.3) is 5.91 Å². The van der Waals surface area contributed by atoms with Crippen molar-refractivity contribution in [3.63, 3.8) is 0 Å². The van der Waals surface area contributed by atoms with E-state index in [2.05, 4.69) is 20.6 Å². The second kappa shape index (κ2) is 7.29. The number of nitrogens with zero attached hydrogens (tertiary/aromatic N) is 2. The van der Waals surface area contributed by atoms with Gasteiger partial charge in [-0.1, -0.05) is 6.92 Å². The summed E-state index contributed by atoms with van der Waals surface area (Å²) in [6, 6.07) is 4.58. The molecule has 1 heterocycles. The molecule has 2 aromatic rings. The number of hydrogen-bond acceptors (Lipinski definition) is 4. The first-order valence-corrected chi connectivity index (χ1v) is 7.36. The fourth-order valence-corrected chi connectivity index (χ4v) is 1.80. The number of hydrogen-bond donors (Lipinski definition) is 2. The van der Waals surface area contributed by atoms with Crippen molar-refractivity contribution in [2.75, 3.05) is 5.32 Å². The molecule has 1 aromatic heterocycles. The lowest BCUT2D eigenvalue weighted by atomic mass is 10.2. The number of aromatic nitrogens is 2. The average molecular weight is 338 g/mol. The number of rotatable bonds is 5. The quantitative estimate of drug-likeness (QED) is 0.871. The predicted octanol–water partition coefficient (Wildman–Crippen LogP) is 3.77. The summed E-state index contributed by atoms with van der Waals surface area (Å²) in [7, 11) is 0. The van der Waals surface area contributed by atoms with Crippen molar-refractivity contribution in [2.24, 2.45) is 0 Å². The monoisotopic (exact) mass is 338 g/mol. The van der Waals surface area contributed by atoms with E-state index in [0.717, 1.165) is 18.6 Å². The summed E-state index contributed by atoms with van der Waals surface area (Å²) in [4.78, 5) is 19.9. The molecular formula is C16H17F3N4O. The van der Waals surface area contributed by atoms with Crippen LogP contribution in [0.4, 0.5) is 24.7 Å². The summed E-state index contributed by atoms with van der Waals surface area (Å²) < 4.78 is 37.5. The molecule has 0 saturated carbocycles. The lowest BCUT2D eigenvalue weighted by Crippen LogP contribution is -2.32. The third-order valence-electron chi connectivity index (χ3n) is 3.36. The molecule has 1 amide bonds. The molecule has 0 saturated heterocycles. The minimum Gasteiger partial charge on any atom is -0.348 e. The topological polar surface area (TPSA) is 66.9 Å². The van der Waals surface area contributed by atoms with Gasteiger partial charge in [-0.2, -0.15) is 13.2 Å². The van der Waals surface area contributed by atoms with Gasteiger partial charge in [-0.15, -0.1) is 0 Å². The first-order valence-electron chi connectivity index (χ1n) is 7.36. The molecule has 0 radical (unpaired) electrons. The number of halogens is 3. The molecule has 1 aromatic carbocycles. The Hall–Kier alpha value is -2.64. The second-order valence-corrected chi connectivity index (χ2v) is 5.27. The highest BCUT2D eigenvalue weighted by Gasteiger charge is 2.29. The molecular weight excluding hydrogens is 321 g/mol. The molecule has 128 valence electrons. The number of carbonyl (C=O) groups excluding carboxylic acids is 1. The van der Waals surface area contributed by atoms with Gasteiger partial charge in [0.1, 0.15) is 11.5 Å². The summed E-state index contributed by atoms with van der Waals surface area (Å²) in [5.74, 6) is 0.00720. The molecule has 24 heavy (non-hydrogen) atoms. The van der Waals surface area contributed by atoms with Crippen molar-refractivity contribution in [2.45, 2.75) is 32.5 Å². The number of anilines is 2. The molecule has 8 heteroatoms. The average Bonchev–Trinajstić information content (AvgIpc) is 2.55. The maximum absolute atomic E-state index is 12.5. The summed E-state index contributed by atoms with van der Waals surface area (Å²) in [6.07, 6.45) is -0.914. The first-order chi connectivity index (χ1) is 11.3. The predicted molar refractivity (Wildman–Crippen MR) is 84.0 cm³/mol. The van der Waals surface area contributed by atoms with Crippen LogP contribution in [0.3, 0.4) is 0 Å². The normalized spacial score (nSPS) is 12.5. The van der Waals surface area contributed by atoms with Crippen LogP contribution < -0.4 is 10.6 Å². The summed E-state index contributed by atoms with van der Waals surface area (Å²) in [5, 5.41) is 5.59. The van der Waals surface area contributed by atoms with Crippen LogP contribution in [0.15, 0.2) is 36.7 Å². The Kier molecular flexibility index (Phi) is 5.38. The van der Waals surface area contributed by atoms with Gasteiger partial charge in [0, 0.05) is 11.7 Å². The Balaban J connectivity index is 2.02. The van der Waals surface area contributed by atoms with E-state index in [1.165, 1.54) is 24.5 Å². The number of carbonyl (C=O) groups is 1. The van der Waals surface area contributed by atoms with Crippen LogP contribution >= 0.6 is 0 Å². The molecule has 0 aliphatic rings. The first kappa shape index (κ1) is 17.7. The molecule has 1 unspecified atom stereocenters. The van der Waals surface area contributed by atoms with Crippen LogP contribution in [0.5, 0.6) is 0 Å². The van der Waals surface area contributed by atoms with Gasteiger partial charge in [-0.25, -0.2) is 9.97 Å². The number of nitrogens with one attached hydrogen (secondary N) is 2. The largest absolute Gasteiger partial charge is 0.416 e. The van der Waals surface area contributed by atoms with Crippen molar-refractivity contribution in [3.8, 4) is 0 Å². The maximum atomic E-state index is 12.5. The van der Waals surface area contributed by atoms with Crippen molar-refractivity contribution in [3.05, 3.63) is 47.9 Å². The summed E-state index contributed by atoms with van der Waals surface area (Å²) in [6.45, 7) is 3.83. The molecule has 2 rings (SSSR count). The van der Waals surface area contributed by atoms with Crippen LogP contribution in [-0.2, 0) is 6.18 Å². The van der Waals surface area contributed by atoms with E-state index in [1.807, 2.05) is 13.8 Å². The molecule has 1 atom stereocenters. The highest BCUT2D eigenvalue weighted by Crippen LogP contribution is 2.30. The van der Waals surface area contributed by atoms with Crippen LogP contribution in [0.1, 0.15) is 36.3 Å². The van der Waals surface area contributed by atoms with Gasteiger partial charge in [-0.05, 0) is 37.6 Å². The van der Waals surface area contributed by atoms with Gasteiger partial charge >= 0.3 is 6.18 Å². The van der Waals surface area contributed by atoms with E-state index in [9.17, 15) is 18.0 Å². The Morgan fingerprint density at radius 1 is 1.17 bits per heavy atom. The van der Waals surface area contributed by atoms with Crippen molar-refractivity contribution >= 4 is 17.4 Å². The van der Waals surface area contributed by atoms with E-state index < -0.39 is 11.7 Å². The highest BCUT2D eigenvalue weighted by molar-refractivity contribution is 5.92. The van der Waals surface area contributed by atoms with Gasteiger partial charge in [-0.3, -0.25) is 4.79 Å². The van der Waals surface area contributed by atoms with Crippen LogP contribution in [0.2, 0.25) is 0 Å². The van der Waals surface area contributed by atoms with Gasteiger partial charge in [0.05, 0.1) is 18.0 Å². The number of amides is 1. The Labute approximate surface area is 137 Å². The van der Waals surface area contributed by atoms with E-state index in [-0.39, 0.29) is 17.6 Å². The standard InChI is InChI=1S/C16H17F3N4O/c1-3-10(2)22-15(24)13-8-21-14(9-20-13)23-12-6-4-11(5-7-12)16(17,18)19/h4-10H,3H2,1-2H3,(H,21,23)(H,22,24). The smallest absolute Gasteiger partial charge is 0.348 e. The fraction of sp³-hybridized carbons (Fsp3) is 0.312. The molecule has 0 fully saturated rings. The van der Waals surface area contributed by atoms with E-state index in [4.69, 9.17) is 0 Å². The molecule has 2 N–H and O–H groups in total. The molecule has 0 spiro atoms. The van der Waals surface area contributed by atoms with Crippen LogP contribution in [0, 0.1) is 0 Å². The zero-order valence-corrected chi connectivity index (χ0v) is 13.2. The van der Waals surface area contributed by atoms with E-state index in [1.54, 1.807) is 0 Å². The van der Waals surface area contributed by atoms with E-state index in [0.29, 0.717) is 11.5 Å². The molecule has 0 bridgehead atoms. The van der Waals surface area contributed by atoms with Gasteiger partial charge in [0.2, 0.25) is 0 Å². The summed E-state index contributed by atoms with van der Waals surface area (Å²) in [5.41, 5.74) is -0.112. The maximum Gasteiger partial charge on any atom is 0.416 e. The lowest BCUT2D eigenvalue weighted by molar-refractivity contribution is -0.137. The Morgan fingerprint density at radius 3 is 2.33 bits per heavy atom. The molecule has 0 aliphatic carbocycles.